The monoisotopic (exact) mass is 1160 g/mol. The minimum atomic E-state index is -2.53. The quantitative estimate of drug-likeness (QED) is 0.0356. The fourth-order valence-electron chi connectivity index (χ4n) is 11.9. The molecule has 83 heavy (non-hydrogen) atoms. The van der Waals surface area contributed by atoms with Gasteiger partial charge in [-0.05, 0) is 115 Å². The zero-order valence-corrected chi connectivity index (χ0v) is 50.7. The zero-order valence-electron chi connectivity index (χ0n) is 50.7. The van der Waals surface area contributed by atoms with Crippen molar-refractivity contribution in [1.29, 1.82) is 0 Å². The molecule has 1 aliphatic heterocycles. The van der Waals surface area contributed by atoms with Crippen molar-refractivity contribution in [2.24, 2.45) is 22.7 Å². The van der Waals surface area contributed by atoms with Gasteiger partial charge in [-0.15, -0.1) is 0 Å². The number of benzene rings is 1. The average molecular weight is 1160 g/mol. The maximum atomic E-state index is 15.9. The Morgan fingerprint density at radius 2 is 1.47 bits per heavy atom. The highest BCUT2D eigenvalue weighted by Gasteiger charge is 2.78. The number of unbranched alkanes of at least 4 members (excludes halogenated alkanes) is 1. The van der Waals surface area contributed by atoms with E-state index in [4.69, 9.17) is 42.6 Å². The van der Waals surface area contributed by atoms with Gasteiger partial charge in [-0.3, -0.25) is 14.4 Å². The molecular formula is C64H89NO18. The maximum Gasteiger partial charge on any atom is 0.509 e. The number of ether oxygens (including phenoxy) is 9. The van der Waals surface area contributed by atoms with Crippen LogP contribution >= 0.6 is 0 Å². The fraction of sp³-hybridized carbons (Fsp3) is 0.609. The Morgan fingerprint density at radius 1 is 0.867 bits per heavy atom. The molecule has 3 fully saturated rings. The lowest BCUT2D eigenvalue weighted by molar-refractivity contribution is -0.346. The van der Waals surface area contributed by atoms with E-state index in [2.05, 4.69) is 60.8 Å². The van der Waals surface area contributed by atoms with Crippen LogP contribution in [0.2, 0.25) is 0 Å². The number of alkyl carbamates (subject to hydrolysis) is 1. The third kappa shape index (κ3) is 16.0. The largest absolute Gasteiger partial charge is 0.509 e. The second-order valence-electron chi connectivity index (χ2n) is 23.9. The van der Waals surface area contributed by atoms with Crippen LogP contribution in [0.25, 0.3) is 0 Å². The summed E-state index contributed by atoms with van der Waals surface area (Å²) in [5, 5.41) is 29.1. The Labute approximate surface area is 489 Å². The van der Waals surface area contributed by atoms with Gasteiger partial charge in [0.15, 0.2) is 17.5 Å². The standard InChI is InChI=1S/C64H89NO18/c1-14-15-16-17-18-19-20-21-22-23-24-25-26-27-28-29-30-35-49(68)79-51(44(36-40(2)3)65-58(72)83-60(6,7)8)57(71)78-46-38-64(74)55(81-56(70)43-33-31-32-34-45(43)75-12)53-62(11,47(67)37-48-63(53,39-77-48)82-42(5)66)54(69)52(80-59(73)76-13)50(41(46)4)61(64,9)10/h15-16,18-19,21-22,24-25,27-28,31-34,40,44,46-48,51-53,55,67,74H,14,17,20,23,26,29-30,35-39H2,1-13H3,(H,65,72)/b16-15-,19-18-,22-21-,25-24-,28-27-/t44-,46-,47-,48+,51+,52+,53?,55?,62+,63-,64+/m0/s1. The van der Waals surface area contributed by atoms with Gasteiger partial charge in [-0.2, -0.15) is 0 Å². The number of carbonyl (C=O) groups excluding carboxylic acids is 7. The van der Waals surface area contributed by atoms with Crippen LogP contribution in [0.5, 0.6) is 5.75 Å². The Morgan fingerprint density at radius 3 is 2.01 bits per heavy atom. The van der Waals surface area contributed by atoms with E-state index in [9.17, 15) is 34.2 Å². The number of allylic oxidation sites excluding steroid dienone is 10. The number of amides is 1. The van der Waals surface area contributed by atoms with Gasteiger partial charge in [0.1, 0.15) is 40.8 Å². The number of ketones is 1. The van der Waals surface area contributed by atoms with Crippen LogP contribution in [0.1, 0.15) is 157 Å². The van der Waals surface area contributed by atoms with Gasteiger partial charge in [0.05, 0.1) is 44.3 Å². The van der Waals surface area contributed by atoms with Crippen LogP contribution in [-0.2, 0) is 57.1 Å². The lowest BCUT2D eigenvalue weighted by Gasteiger charge is -2.67. The van der Waals surface area contributed by atoms with Crippen LogP contribution in [0, 0.1) is 22.7 Å². The molecule has 458 valence electrons. The first-order valence-electron chi connectivity index (χ1n) is 28.8. The van der Waals surface area contributed by atoms with Crippen LogP contribution in [0.4, 0.5) is 9.59 Å². The predicted octanol–water partition coefficient (Wildman–Crippen LogP) is 10.2. The van der Waals surface area contributed by atoms with Gasteiger partial charge in [-0.1, -0.05) is 108 Å². The third-order valence-electron chi connectivity index (χ3n) is 16.0. The summed E-state index contributed by atoms with van der Waals surface area (Å²) < 4.78 is 53.1. The van der Waals surface area contributed by atoms with Crippen molar-refractivity contribution in [2.45, 2.75) is 206 Å². The molecule has 19 nitrogen and oxygen atoms in total. The summed E-state index contributed by atoms with van der Waals surface area (Å²) in [5.41, 5.74) is -9.46. The number of fused-ring (bicyclic) bond motifs is 5. The van der Waals surface area contributed by atoms with Crippen molar-refractivity contribution < 1.29 is 86.4 Å². The first-order valence-corrected chi connectivity index (χ1v) is 28.8. The number of para-hydroxylation sites is 1. The highest BCUT2D eigenvalue weighted by molar-refractivity contribution is 5.96. The molecule has 4 aliphatic rings. The van der Waals surface area contributed by atoms with Gasteiger partial charge in [0.25, 0.3) is 0 Å². The fourth-order valence-corrected chi connectivity index (χ4v) is 11.9. The van der Waals surface area contributed by atoms with Crippen molar-refractivity contribution in [2.75, 3.05) is 20.8 Å². The molecular weight excluding hydrogens is 1070 g/mol. The average Bonchev–Trinajstić information content (AvgIpc) is 0.700. The van der Waals surface area contributed by atoms with Crippen LogP contribution in [0.15, 0.2) is 96.2 Å². The van der Waals surface area contributed by atoms with E-state index < -0.39 is 125 Å². The number of nitrogens with one attached hydrogen (secondary N) is 1. The lowest BCUT2D eigenvalue weighted by atomic mass is 9.44. The number of methoxy groups -OCH3 is 2. The Hall–Kier alpha value is -6.57. The van der Waals surface area contributed by atoms with Gasteiger partial charge in [0, 0.05) is 31.6 Å². The van der Waals surface area contributed by atoms with E-state index in [1.54, 1.807) is 32.9 Å². The number of Topliss-reactive ketones (excluding diaryl/α,β-unsaturated/α-hetero) is 1. The first kappa shape index (κ1) is 67.2. The Kier molecular flexibility index (Phi) is 23.7. The van der Waals surface area contributed by atoms with E-state index in [-0.39, 0.29) is 54.2 Å². The molecule has 0 spiro atoms. The van der Waals surface area contributed by atoms with Crippen molar-refractivity contribution in [3.63, 3.8) is 0 Å². The highest BCUT2D eigenvalue weighted by Crippen LogP contribution is 2.64. The summed E-state index contributed by atoms with van der Waals surface area (Å²) in [6.07, 6.45) is 12.7. The Bertz CT molecular complexity index is 2660. The second-order valence-corrected chi connectivity index (χ2v) is 23.9. The molecule has 3 N–H and O–H groups in total. The molecule has 19 heteroatoms. The van der Waals surface area contributed by atoms with Crippen molar-refractivity contribution in [3.05, 3.63) is 102 Å². The molecule has 2 saturated carbocycles. The minimum Gasteiger partial charge on any atom is -0.496 e. The summed E-state index contributed by atoms with van der Waals surface area (Å²) in [5.74, 6) is -6.60. The predicted molar refractivity (Wildman–Crippen MR) is 308 cm³/mol. The number of aliphatic hydroxyl groups excluding tert-OH is 1. The minimum absolute atomic E-state index is 0.0720. The van der Waals surface area contributed by atoms with Crippen molar-refractivity contribution in [1.82, 2.24) is 5.32 Å². The number of hydrogen-bond acceptors (Lipinski definition) is 18. The number of aliphatic hydroxyl groups is 2. The Balaban J connectivity index is 1.56. The third-order valence-corrected chi connectivity index (χ3v) is 16.0. The molecule has 1 aromatic carbocycles. The highest BCUT2D eigenvalue weighted by atomic mass is 16.7. The molecule has 1 saturated heterocycles. The number of hydrogen-bond donors (Lipinski definition) is 3. The molecule has 0 aromatic heterocycles. The summed E-state index contributed by atoms with van der Waals surface area (Å²) in [6, 6.07) is 4.86. The smallest absolute Gasteiger partial charge is 0.496 e. The lowest BCUT2D eigenvalue weighted by Crippen LogP contribution is -2.82. The molecule has 11 atom stereocenters. The van der Waals surface area contributed by atoms with Gasteiger partial charge in [-0.25, -0.2) is 19.2 Å². The summed E-state index contributed by atoms with van der Waals surface area (Å²) in [4.78, 5) is 100. The molecule has 3 aliphatic carbocycles. The maximum absolute atomic E-state index is 15.9. The van der Waals surface area contributed by atoms with Crippen LogP contribution < -0.4 is 10.1 Å². The topological polar surface area (TPSA) is 255 Å². The van der Waals surface area contributed by atoms with Gasteiger partial charge < -0.3 is 58.2 Å². The first-order chi connectivity index (χ1) is 39.1. The molecule has 2 bridgehead atoms. The molecule has 1 amide bonds. The van der Waals surface area contributed by atoms with E-state index in [1.807, 2.05) is 26.0 Å². The number of esters is 4. The second kappa shape index (κ2) is 29.3. The van der Waals surface area contributed by atoms with E-state index in [0.717, 1.165) is 39.7 Å². The van der Waals surface area contributed by atoms with Crippen molar-refractivity contribution >= 4 is 41.9 Å². The molecule has 5 rings (SSSR count). The van der Waals surface area contributed by atoms with Crippen LogP contribution in [0.3, 0.4) is 0 Å². The van der Waals surface area contributed by atoms with Crippen LogP contribution in [-0.4, -0.2) is 132 Å². The molecule has 0 radical (unpaired) electrons. The number of rotatable bonds is 25. The van der Waals surface area contributed by atoms with Crippen molar-refractivity contribution in [3.8, 4) is 5.75 Å². The summed E-state index contributed by atoms with van der Waals surface area (Å²) >= 11 is 0. The number of carbonyl (C=O) groups is 7. The zero-order chi connectivity index (χ0) is 61.5. The SMILES string of the molecule is CC/C=C\C/C=C\C/C=C\C/C=C\C/C=C\CCCC(=O)O[C@@H](C(=O)O[C@H]1C[C@@]2(O)C(OC(=O)c3ccccc3OC)C3[C@](C)(C(=O)[C@H](OC(=O)OC)C(=C1C)C2(C)C)[C@@H](O)C[C@H]1OC[C@@]31OC(C)=O)[C@H](CC(C)C)NC(=O)OC(C)(C)C. The molecule has 1 heterocycles. The van der Waals surface area contributed by atoms with E-state index in [1.165, 1.54) is 46.9 Å². The summed E-state index contributed by atoms with van der Waals surface area (Å²) in [6.45, 7) is 17.4. The van der Waals surface area contributed by atoms with E-state index in [0.29, 0.717) is 19.3 Å². The normalized spacial score (nSPS) is 27.5. The van der Waals surface area contributed by atoms with E-state index >= 15 is 9.59 Å². The molecule has 1 aromatic rings. The summed E-state index contributed by atoms with van der Waals surface area (Å²) in [7, 11) is 2.36. The molecule has 2 unspecified atom stereocenters. The van der Waals surface area contributed by atoms with Gasteiger partial charge in [0.2, 0.25) is 6.10 Å². The van der Waals surface area contributed by atoms with Gasteiger partial charge >= 0.3 is 36.1 Å².